The fraction of sp³-hybridized carbons (Fsp3) is 0.133. The van der Waals surface area contributed by atoms with E-state index in [1.54, 1.807) is 36.4 Å². The van der Waals surface area contributed by atoms with Crippen molar-refractivity contribution in [1.29, 1.82) is 5.26 Å². The highest BCUT2D eigenvalue weighted by molar-refractivity contribution is 7.84. The third-order valence-electron chi connectivity index (χ3n) is 2.92. The molecule has 0 aliphatic heterocycles. The number of nitriles is 1. The molecule has 2 aromatic rings. The van der Waals surface area contributed by atoms with Gasteiger partial charge in [0, 0.05) is 4.90 Å². The molecule has 0 saturated heterocycles. The Morgan fingerprint density at radius 2 is 2.10 bits per heavy atom. The maximum absolute atomic E-state index is 12.3. The van der Waals surface area contributed by atoms with Crippen molar-refractivity contribution in [1.82, 2.24) is 0 Å². The Labute approximate surface area is 130 Å². The molecule has 0 aliphatic rings. The molecule has 6 heteroatoms. The van der Waals surface area contributed by atoms with Crippen molar-refractivity contribution < 1.29 is 8.95 Å². The number of hydrogen-bond donors (Lipinski definition) is 1. The molecule has 2 N–H and O–H groups in total. The largest absolute Gasteiger partial charge is 0.495 e. The van der Waals surface area contributed by atoms with Crippen LogP contribution < -0.4 is 10.5 Å². The number of anilines is 1. The predicted octanol–water partition coefficient (Wildman–Crippen LogP) is 3.11. The lowest BCUT2D eigenvalue weighted by Crippen LogP contribution is -1.99. The SMILES string of the molecule is COc1cc(CS(=O)c2ccc(N)c(Cl)c2)ccc1C#N. The third kappa shape index (κ3) is 3.54. The van der Waals surface area contributed by atoms with Crippen LogP contribution in [-0.2, 0) is 16.6 Å². The number of rotatable bonds is 4. The van der Waals surface area contributed by atoms with Crippen LogP contribution in [0, 0.1) is 11.3 Å². The Morgan fingerprint density at radius 1 is 1.33 bits per heavy atom. The first-order valence-electron chi connectivity index (χ1n) is 6.05. The number of hydrogen-bond acceptors (Lipinski definition) is 4. The molecule has 0 fully saturated rings. The maximum Gasteiger partial charge on any atom is 0.136 e. The van der Waals surface area contributed by atoms with E-state index in [1.165, 1.54) is 7.11 Å². The third-order valence-corrected chi connectivity index (χ3v) is 4.62. The second-order valence-corrected chi connectivity index (χ2v) is 6.18. The Morgan fingerprint density at radius 3 is 2.71 bits per heavy atom. The molecule has 1 atom stereocenters. The van der Waals surface area contributed by atoms with Gasteiger partial charge in [-0.05, 0) is 35.9 Å². The van der Waals surface area contributed by atoms with E-state index in [-0.39, 0.29) is 0 Å². The van der Waals surface area contributed by atoms with Gasteiger partial charge in [-0.1, -0.05) is 17.7 Å². The number of nitrogens with zero attached hydrogens (tertiary/aromatic N) is 1. The minimum Gasteiger partial charge on any atom is -0.495 e. The van der Waals surface area contributed by atoms with Crippen molar-refractivity contribution in [2.45, 2.75) is 10.6 Å². The molecule has 0 radical (unpaired) electrons. The fourth-order valence-electron chi connectivity index (χ4n) is 1.80. The van der Waals surface area contributed by atoms with E-state index in [9.17, 15) is 4.21 Å². The first-order chi connectivity index (χ1) is 10.0. The molecular weight excluding hydrogens is 308 g/mol. The van der Waals surface area contributed by atoms with Gasteiger partial charge in [0.1, 0.15) is 11.8 Å². The minimum atomic E-state index is -1.25. The summed E-state index contributed by atoms with van der Waals surface area (Å²) in [6.45, 7) is 0. The zero-order valence-corrected chi connectivity index (χ0v) is 12.9. The van der Waals surface area contributed by atoms with Gasteiger partial charge in [0.15, 0.2) is 0 Å². The van der Waals surface area contributed by atoms with Crippen LogP contribution in [0.1, 0.15) is 11.1 Å². The molecule has 108 valence electrons. The molecule has 0 spiro atoms. The zero-order chi connectivity index (χ0) is 15.4. The molecule has 0 bridgehead atoms. The molecular formula is C15H13ClN2O2S. The van der Waals surface area contributed by atoms with Gasteiger partial charge in [0.25, 0.3) is 0 Å². The molecule has 0 amide bonds. The summed E-state index contributed by atoms with van der Waals surface area (Å²) in [4.78, 5) is 0.609. The minimum absolute atomic E-state index is 0.308. The molecule has 0 saturated carbocycles. The van der Waals surface area contributed by atoms with Crippen molar-refractivity contribution >= 4 is 28.1 Å². The van der Waals surface area contributed by atoms with Crippen LogP contribution in [0.4, 0.5) is 5.69 Å². The van der Waals surface area contributed by atoms with E-state index in [0.717, 1.165) is 5.56 Å². The van der Waals surface area contributed by atoms with E-state index in [4.69, 9.17) is 27.3 Å². The molecule has 0 aliphatic carbocycles. The van der Waals surface area contributed by atoms with Crippen LogP contribution in [0.5, 0.6) is 5.75 Å². The van der Waals surface area contributed by atoms with Crippen LogP contribution in [0.25, 0.3) is 0 Å². The van der Waals surface area contributed by atoms with E-state index in [2.05, 4.69) is 0 Å². The fourth-order valence-corrected chi connectivity index (χ4v) is 3.17. The summed E-state index contributed by atoms with van der Waals surface area (Å²) in [7, 11) is 0.246. The van der Waals surface area contributed by atoms with Gasteiger partial charge in [-0.25, -0.2) is 0 Å². The van der Waals surface area contributed by atoms with Crippen molar-refractivity contribution in [2.75, 3.05) is 12.8 Å². The zero-order valence-electron chi connectivity index (χ0n) is 11.3. The first kappa shape index (κ1) is 15.4. The van der Waals surface area contributed by atoms with E-state index >= 15 is 0 Å². The first-order valence-corrected chi connectivity index (χ1v) is 7.75. The van der Waals surface area contributed by atoms with Crippen LogP contribution in [-0.4, -0.2) is 11.3 Å². The van der Waals surface area contributed by atoms with Crippen LogP contribution in [0.15, 0.2) is 41.3 Å². The normalized spacial score (nSPS) is 11.7. The lowest BCUT2D eigenvalue weighted by Gasteiger charge is -2.07. The number of nitrogens with two attached hydrogens (primary N) is 1. The number of benzene rings is 2. The molecule has 0 aromatic heterocycles. The predicted molar refractivity (Wildman–Crippen MR) is 83.7 cm³/mol. The maximum atomic E-state index is 12.3. The molecule has 2 rings (SSSR count). The summed E-state index contributed by atoms with van der Waals surface area (Å²) < 4.78 is 17.5. The van der Waals surface area contributed by atoms with E-state index in [0.29, 0.717) is 32.7 Å². The van der Waals surface area contributed by atoms with Gasteiger partial charge in [-0.15, -0.1) is 0 Å². The smallest absolute Gasteiger partial charge is 0.136 e. The van der Waals surface area contributed by atoms with Crippen LogP contribution in [0.2, 0.25) is 5.02 Å². The van der Waals surface area contributed by atoms with E-state index in [1.807, 2.05) is 6.07 Å². The Balaban J connectivity index is 2.23. The highest BCUT2D eigenvalue weighted by Gasteiger charge is 2.10. The highest BCUT2D eigenvalue weighted by Crippen LogP contribution is 2.24. The molecule has 21 heavy (non-hydrogen) atoms. The second-order valence-electron chi connectivity index (χ2n) is 4.32. The standard InChI is InChI=1S/C15H13ClN2O2S/c1-20-15-6-10(2-3-11(15)8-17)9-21(19)12-4-5-14(18)13(16)7-12/h2-7H,9,18H2,1H3. The molecule has 4 nitrogen and oxygen atoms in total. The van der Waals surface area contributed by atoms with Gasteiger partial charge in [0.2, 0.25) is 0 Å². The number of methoxy groups -OCH3 is 1. The number of ether oxygens (including phenoxy) is 1. The molecule has 2 aromatic carbocycles. The lowest BCUT2D eigenvalue weighted by molar-refractivity contribution is 0.413. The summed E-state index contributed by atoms with van der Waals surface area (Å²) in [5.41, 5.74) is 7.35. The number of nitrogen functional groups attached to an aromatic ring is 1. The van der Waals surface area contributed by atoms with Gasteiger partial charge >= 0.3 is 0 Å². The van der Waals surface area contributed by atoms with Crippen LogP contribution in [0.3, 0.4) is 0 Å². The molecule has 0 heterocycles. The second kappa shape index (κ2) is 6.61. The summed E-state index contributed by atoms with van der Waals surface area (Å²) in [6.07, 6.45) is 0. The van der Waals surface area contributed by atoms with Crippen molar-refractivity contribution in [3.63, 3.8) is 0 Å². The van der Waals surface area contributed by atoms with Gasteiger partial charge in [-0.3, -0.25) is 4.21 Å². The van der Waals surface area contributed by atoms with Crippen molar-refractivity contribution in [3.8, 4) is 11.8 Å². The topological polar surface area (TPSA) is 76.1 Å². The van der Waals surface area contributed by atoms with Gasteiger partial charge < -0.3 is 10.5 Å². The van der Waals surface area contributed by atoms with E-state index < -0.39 is 10.8 Å². The number of halogens is 1. The van der Waals surface area contributed by atoms with Crippen molar-refractivity contribution in [3.05, 3.63) is 52.5 Å². The average Bonchev–Trinajstić information content (AvgIpc) is 2.49. The summed E-state index contributed by atoms with van der Waals surface area (Å²) in [6, 6.07) is 12.1. The van der Waals surface area contributed by atoms with Crippen molar-refractivity contribution in [2.24, 2.45) is 0 Å². The van der Waals surface area contributed by atoms with Crippen LogP contribution >= 0.6 is 11.6 Å². The van der Waals surface area contributed by atoms with Gasteiger partial charge in [0.05, 0.1) is 39.9 Å². The van der Waals surface area contributed by atoms with Gasteiger partial charge in [-0.2, -0.15) is 5.26 Å². The highest BCUT2D eigenvalue weighted by atomic mass is 35.5. The Hall–Kier alpha value is -2.03. The summed E-state index contributed by atoms with van der Waals surface area (Å²) in [5.74, 6) is 0.782. The monoisotopic (exact) mass is 320 g/mol. The molecule has 1 unspecified atom stereocenters. The average molecular weight is 321 g/mol. The summed E-state index contributed by atoms with van der Waals surface area (Å²) >= 11 is 5.93. The lowest BCUT2D eigenvalue weighted by atomic mass is 10.1. The Bertz CT molecular complexity index is 741. The quantitative estimate of drug-likeness (QED) is 0.878. The Kier molecular flexibility index (Phi) is 4.84. The summed E-state index contributed by atoms with van der Waals surface area (Å²) in [5, 5.41) is 9.33.